The molecule has 12 nitrogen and oxygen atoms in total. The quantitative estimate of drug-likeness (QED) is 0.493. The first-order valence-electron chi connectivity index (χ1n) is 9.81. The highest BCUT2D eigenvalue weighted by atomic mass is 32.2. The number of aromatic nitrogens is 5. The summed E-state index contributed by atoms with van der Waals surface area (Å²) in [6.07, 6.45) is 4.10. The second-order valence-corrected chi connectivity index (χ2v) is 9.74. The lowest BCUT2D eigenvalue weighted by Gasteiger charge is -2.25. The number of nitrogens with zero attached hydrogens (tertiary/aromatic N) is 6. The molecule has 13 heteroatoms. The monoisotopic (exact) mass is 461 g/mol. The van der Waals surface area contributed by atoms with Crippen LogP contribution in [0.25, 0.3) is 11.0 Å². The Balaban J connectivity index is 1.69. The third-order valence-corrected chi connectivity index (χ3v) is 5.50. The highest BCUT2D eigenvalue weighted by molar-refractivity contribution is 7.89. The van der Waals surface area contributed by atoms with Gasteiger partial charge in [0.15, 0.2) is 9.84 Å². The van der Waals surface area contributed by atoms with Gasteiger partial charge in [0.05, 0.1) is 32.1 Å². The lowest BCUT2D eigenvalue weighted by atomic mass is 10.3. The predicted molar refractivity (Wildman–Crippen MR) is 114 cm³/mol. The van der Waals surface area contributed by atoms with Crippen molar-refractivity contribution in [2.45, 2.75) is 24.9 Å². The van der Waals surface area contributed by atoms with Gasteiger partial charge < -0.3 is 24.1 Å². The average molecular weight is 462 g/mol. The van der Waals surface area contributed by atoms with E-state index in [0.717, 1.165) is 6.26 Å². The van der Waals surface area contributed by atoms with Crippen LogP contribution >= 0.6 is 0 Å². The van der Waals surface area contributed by atoms with Crippen molar-refractivity contribution in [1.29, 1.82) is 5.26 Å². The van der Waals surface area contributed by atoms with Gasteiger partial charge in [0.25, 0.3) is 5.88 Å². The fourth-order valence-corrected chi connectivity index (χ4v) is 3.97. The van der Waals surface area contributed by atoms with Crippen LogP contribution in [0.5, 0.6) is 5.88 Å². The van der Waals surface area contributed by atoms with Gasteiger partial charge >= 0.3 is 0 Å². The van der Waals surface area contributed by atoms with E-state index in [4.69, 9.17) is 14.2 Å². The third kappa shape index (κ3) is 4.67. The molecule has 32 heavy (non-hydrogen) atoms. The molecular formula is C19H23N7O5S. The molecule has 3 aromatic rings. The van der Waals surface area contributed by atoms with E-state index in [9.17, 15) is 13.7 Å². The molecule has 1 N–H and O–H groups in total. The molecule has 4 heterocycles. The number of hydrogen-bond donors (Lipinski definition) is 1. The van der Waals surface area contributed by atoms with Crippen LogP contribution < -0.4 is 10.1 Å². The molecule has 1 saturated heterocycles. The fraction of sp³-hybridized carbons (Fsp3) is 0.474. The molecule has 3 aromatic heterocycles. The molecule has 0 bridgehead atoms. The number of hydrogen-bond acceptors (Lipinski definition) is 10. The van der Waals surface area contributed by atoms with Crippen molar-refractivity contribution in [1.82, 2.24) is 24.3 Å². The van der Waals surface area contributed by atoms with E-state index in [1.165, 1.54) is 10.9 Å². The van der Waals surface area contributed by atoms with Crippen molar-refractivity contribution >= 4 is 32.5 Å². The van der Waals surface area contributed by atoms with E-state index in [1.807, 2.05) is 6.92 Å². The second kappa shape index (κ2) is 8.73. The van der Waals surface area contributed by atoms with Gasteiger partial charge in [0, 0.05) is 24.9 Å². The Bertz CT molecular complexity index is 1270. The summed E-state index contributed by atoms with van der Waals surface area (Å²) in [5.41, 5.74) is 1.44. The molecule has 0 spiro atoms. The molecule has 0 saturated carbocycles. The van der Waals surface area contributed by atoms with Crippen LogP contribution in [0.3, 0.4) is 0 Å². The van der Waals surface area contributed by atoms with Crippen molar-refractivity contribution in [3.63, 3.8) is 0 Å². The molecule has 0 aliphatic carbocycles. The molecule has 0 radical (unpaired) electrons. The summed E-state index contributed by atoms with van der Waals surface area (Å²) in [6.45, 7) is 3.21. The largest absolute Gasteiger partial charge is 0.467 e. The topological polar surface area (TPSA) is 146 Å². The van der Waals surface area contributed by atoms with E-state index < -0.39 is 9.84 Å². The first-order chi connectivity index (χ1) is 15.3. The van der Waals surface area contributed by atoms with Gasteiger partial charge in [-0.25, -0.2) is 13.4 Å². The minimum Gasteiger partial charge on any atom is -0.467 e. The number of anilines is 2. The first kappa shape index (κ1) is 22.0. The van der Waals surface area contributed by atoms with Crippen LogP contribution in [-0.4, -0.2) is 72.0 Å². The van der Waals surface area contributed by atoms with Gasteiger partial charge in [-0.2, -0.15) is 10.2 Å². The molecule has 0 amide bonds. The third-order valence-electron chi connectivity index (χ3n) is 4.77. The Morgan fingerprint density at radius 3 is 2.84 bits per heavy atom. The van der Waals surface area contributed by atoms with E-state index in [1.54, 1.807) is 23.9 Å². The van der Waals surface area contributed by atoms with E-state index >= 15 is 0 Å². The van der Waals surface area contributed by atoms with Crippen molar-refractivity contribution in [2.75, 3.05) is 38.5 Å². The normalized spacial score (nSPS) is 15.3. The molecule has 1 aliphatic rings. The number of fused-ring (bicyclic) bond motifs is 1. The molecule has 4 rings (SSSR count). The Labute approximate surface area is 184 Å². The second-order valence-electron chi connectivity index (χ2n) is 7.63. The summed E-state index contributed by atoms with van der Waals surface area (Å²) in [7, 11) is -1.71. The number of rotatable bonds is 9. The van der Waals surface area contributed by atoms with Gasteiger partial charge in [0.1, 0.15) is 35.1 Å². The smallest absolute Gasteiger partial charge is 0.257 e. The summed E-state index contributed by atoms with van der Waals surface area (Å²) in [5.74, 6) is 0.181. The van der Waals surface area contributed by atoms with E-state index in [-0.39, 0.29) is 29.9 Å². The summed E-state index contributed by atoms with van der Waals surface area (Å²) >= 11 is 0. The standard InChI is InChI=1S/C19H23N7O5S/c1-12(8-29-2)26-14(5-20)4-13-6-21-19(23-17(13)26)22-16-7-25(11-32(3,27)28)24-18(16)31-15-9-30-10-15/h4,6-7,12,15H,8-11H2,1-3H3,(H,21,22,23). The maximum Gasteiger partial charge on any atom is 0.257 e. The summed E-state index contributed by atoms with van der Waals surface area (Å²) < 4.78 is 42.6. The maximum absolute atomic E-state index is 11.7. The van der Waals surface area contributed by atoms with Crippen LogP contribution in [0.2, 0.25) is 0 Å². The minimum absolute atomic E-state index is 0.120. The van der Waals surface area contributed by atoms with Crippen LogP contribution in [-0.2, 0) is 25.2 Å². The number of nitriles is 1. The van der Waals surface area contributed by atoms with E-state index in [2.05, 4.69) is 26.5 Å². The van der Waals surface area contributed by atoms with Crippen molar-refractivity contribution in [2.24, 2.45) is 0 Å². The van der Waals surface area contributed by atoms with E-state index in [0.29, 0.717) is 42.2 Å². The van der Waals surface area contributed by atoms with Gasteiger partial charge in [-0.1, -0.05) is 0 Å². The van der Waals surface area contributed by atoms with Gasteiger partial charge in [-0.05, 0) is 13.0 Å². The molecule has 1 atom stereocenters. The zero-order chi connectivity index (χ0) is 22.9. The molecule has 1 unspecified atom stereocenters. The van der Waals surface area contributed by atoms with Gasteiger partial charge in [-0.3, -0.25) is 4.68 Å². The zero-order valence-electron chi connectivity index (χ0n) is 17.8. The Kier molecular flexibility index (Phi) is 6.00. The zero-order valence-corrected chi connectivity index (χ0v) is 18.7. The van der Waals surface area contributed by atoms with Crippen LogP contribution in [0.1, 0.15) is 18.7 Å². The Morgan fingerprint density at radius 1 is 1.44 bits per heavy atom. The highest BCUT2D eigenvalue weighted by Gasteiger charge is 2.24. The lowest BCUT2D eigenvalue weighted by molar-refractivity contribution is -0.0812. The molecule has 0 aromatic carbocycles. The SMILES string of the molecule is COCC(C)n1c(C#N)cc2cnc(Nc3cn(CS(C)(=O)=O)nc3OC3COC3)nc21. The number of nitrogens with one attached hydrogen (secondary N) is 1. The molecule has 170 valence electrons. The molecule has 1 fully saturated rings. The van der Waals surface area contributed by atoms with Crippen molar-refractivity contribution in [3.05, 3.63) is 24.2 Å². The summed E-state index contributed by atoms with van der Waals surface area (Å²) in [6, 6.07) is 3.78. The lowest BCUT2D eigenvalue weighted by Crippen LogP contribution is -2.38. The van der Waals surface area contributed by atoms with Crippen molar-refractivity contribution < 1.29 is 22.6 Å². The summed E-state index contributed by atoms with van der Waals surface area (Å²) in [5, 5.41) is 17.5. The van der Waals surface area contributed by atoms with Crippen LogP contribution in [0.4, 0.5) is 11.6 Å². The van der Waals surface area contributed by atoms with Gasteiger partial charge in [-0.15, -0.1) is 5.10 Å². The Morgan fingerprint density at radius 2 is 2.22 bits per heavy atom. The number of methoxy groups -OCH3 is 1. The van der Waals surface area contributed by atoms with Gasteiger partial charge in [0.2, 0.25) is 5.95 Å². The first-order valence-corrected chi connectivity index (χ1v) is 11.9. The molecular weight excluding hydrogens is 438 g/mol. The average Bonchev–Trinajstić information content (AvgIpc) is 3.23. The number of sulfone groups is 1. The highest BCUT2D eigenvalue weighted by Crippen LogP contribution is 2.29. The Hall–Kier alpha value is -3.21. The minimum atomic E-state index is -3.31. The molecule has 1 aliphatic heterocycles. The maximum atomic E-state index is 11.7. The predicted octanol–water partition coefficient (Wildman–Crippen LogP) is 1.23. The van der Waals surface area contributed by atoms with Crippen LogP contribution in [0, 0.1) is 11.3 Å². The number of ether oxygens (including phenoxy) is 3. The summed E-state index contributed by atoms with van der Waals surface area (Å²) in [4.78, 5) is 8.90. The van der Waals surface area contributed by atoms with Crippen LogP contribution in [0.15, 0.2) is 18.5 Å². The van der Waals surface area contributed by atoms with Crippen molar-refractivity contribution in [3.8, 4) is 11.9 Å². The fourth-order valence-electron chi connectivity index (χ4n) is 3.36.